The monoisotopic (exact) mass is 279 g/mol. The van der Waals surface area contributed by atoms with Crippen molar-refractivity contribution in [2.24, 2.45) is 0 Å². The van der Waals surface area contributed by atoms with Gasteiger partial charge in [-0.05, 0) is 39.3 Å². The largest absolute Gasteiger partial charge is 0.490 e. The minimum atomic E-state index is -0.325. The third kappa shape index (κ3) is 4.40. The molecule has 0 bridgehead atoms. The minimum Gasteiger partial charge on any atom is -0.490 e. The Hall–Kier alpha value is -1.78. The molecule has 1 rings (SSSR count). The second-order valence-corrected chi connectivity index (χ2v) is 4.58. The third-order valence-corrected chi connectivity index (χ3v) is 3.03. The average Bonchev–Trinajstić information content (AvgIpc) is 2.47. The summed E-state index contributed by atoms with van der Waals surface area (Å²) in [4.78, 5) is 18.3. The average molecular weight is 279 g/mol. The smallest absolute Gasteiger partial charge is 0.244 e. The van der Waals surface area contributed by atoms with Crippen molar-refractivity contribution in [3.63, 3.8) is 0 Å². The molecule has 5 nitrogen and oxygen atoms in total. The first-order valence-electron chi connectivity index (χ1n) is 7.27. The lowest BCUT2D eigenvalue weighted by Crippen LogP contribution is -2.41. The van der Waals surface area contributed by atoms with Crippen molar-refractivity contribution >= 4 is 11.7 Å². The quantitative estimate of drug-likeness (QED) is 0.794. The molecule has 20 heavy (non-hydrogen) atoms. The predicted octanol–water partition coefficient (Wildman–Crippen LogP) is 2.54. The van der Waals surface area contributed by atoms with Crippen LogP contribution in [0.3, 0.4) is 0 Å². The third-order valence-electron chi connectivity index (χ3n) is 3.03. The van der Waals surface area contributed by atoms with Gasteiger partial charge in [-0.2, -0.15) is 0 Å². The Kier molecular flexibility index (Phi) is 6.84. The Morgan fingerprint density at radius 3 is 2.70 bits per heavy atom. The number of hydrogen-bond donors (Lipinski definition) is 1. The molecule has 0 saturated heterocycles. The van der Waals surface area contributed by atoms with Gasteiger partial charge in [0.1, 0.15) is 6.04 Å². The van der Waals surface area contributed by atoms with Crippen LogP contribution in [0, 0.1) is 0 Å². The lowest BCUT2D eigenvalue weighted by Gasteiger charge is -2.24. The van der Waals surface area contributed by atoms with E-state index in [1.165, 1.54) is 0 Å². The highest BCUT2D eigenvalue weighted by molar-refractivity contribution is 5.84. The van der Waals surface area contributed by atoms with Crippen LogP contribution in [-0.4, -0.2) is 41.5 Å². The molecule has 1 amide bonds. The summed E-state index contributed by atoms with van der Waals surface area (Å²) < 4.78 is 5.63. The highest BCUT2D eigenvalue weighted by atomic mass is 16.5. The number of hydrogen-bond acceptors (Lipinski definition) is 4. The molecule has 1 heterocycles. The van der Waals surface area contributed by atoms with Crippen LogP contribution in [0.25, 0.3) is 0 Å². The molecular formula is C15H25N3O2. The summed E-state index contributed by atoms with van der Waals surface area (Å²) in [7, 11) is 0. The number of amides is 1. The molecule has 112 valence electrons. The van der Waals surface area contributed by atoms with E-state index >= 15 is 0 Å². The maximum atomic E-state index is 12.2. The summed E-state index contributed by atoms with van der Waals surface area (Å²) in [6.07, 6.45) is 2.62. The van der Waals surface area contributed by atoms with Gasteiger partial charge >= 0.3 is 0 Å². The number of pyridine rings is 1. The van der Waals surface area contributed by atoms with Crippen molar-refractivity contribution in [2.45, 2.75) is 40.2 Å². The fraction of sp³-hybridized carbons (Fsp3) is 0.600. The molecule has 5 heteroatoms. The molecule has 0 aromatic carbocycles. The van der Waals surface area contributed by atoms with E-state index in [1.807, 2.05) is 32.9 Å². The first-order valence-corrected chi connectivity index (χ1v) is 7.27. The number of likely N-dealkylation sites (N-methyl/N-ethyl adjacent to an activating group) is 1. The number of aromatic nitrogens is 1. The van der Waals surface area contributed by atoms with Crippen LogP contribution < -0.4 is 10.1 Å². The van der Waals surface area contributed by atoms with Crippen LogP contribution in [0.5, 0.6) is 5.75 Å². The molecular weight excluding hydrogens is 254 g/mol. The first-order chi connectivity index (χ1) is 9.63. The molecule has 1 atom stereocenters. The summed E-state index contributed by atoms with van der Waals surface area (Å²) >= 11 is 0. The number of carbonyl (C=O) groups excluding carboxylic acids is 1. The Balaban J connectivity index is 2.74. The molecule has 0 fully saturated rings. The van der Waals surface area contributed by atoms with Crippen molar-refractivity contribution in [2.75, 3.05) is 25.0 Å². The first kappa shape index (κ1) is 16.3. The molecule has 1 aromatic rings. The Morgan fingerprint density at radius 2 is 2.10 bits per heavy atom. The number of nitrogens with zero attached hydrogens (tertiary/aromatic N) is 2. The van der Waals surface area contributed by atoms with Crippen molar-refractivity contribution in [1.29, 1.82) is 0 Å². The van der Waals surface area contributed by atoms with E-state index in [9.17, 15) is 4.79 Å². The summed E-state index contributed by atoms with van der Waals surface area (Å²) in [5.74, 6) is 1.38. The van der Waals surface area contributed by atoms with Gasteiger partial charge in [0.25, 0.3) is 0 Å². The highest BCUT2D eigenvalue weighted by Gasteiger charge is 2.19. The SMILES string of the molecule is CCCOc1cccnc1NC(C)C(=O)N(CC)CC. The lowest BCUT2D eigenvalue weighted by atomic mass is 10.2. The van der Waals surface area contributed by atoms with Gasteiger partial charge in [-0.3, -0.25) is 4.79 Å². The topological polar surface area (TPSA) is 54.5 Å². The van der Waals surface area contributed by atoms with Crippen LogP contribution >= 0.6 is 0 Å². The predicted molar refractivity (Wildman–Crippen MR) is 81.0 cm³/mol. The molecule has 1 aromatic heterocycles. The van der Waals surface area contributed by atoms with Gasteiger partial charge in [0, 0.05) is 19.3 Å². The number of nitrogens with one attached hydrogen (secondary N) is 1. The standard InChI is InChI=1S/C15H25N3O2/c1-5-11-20-13-9-8-10-16-14(13)17-12(4)15(19)18(6-2)7-3/h8-10,12H,5-7,11H2,1-4H3,(H,16,17). The van der Waals surface area contributed by atoms with Crippen molar-refractivity contribution in [3.05, 3.63) is 18.3 Å². The Labute approximate surface area is 121 Å². The van der Waals surface area contributed by atoms with Crippen molar-refractivity contribution in [1.82, 2.24) is 9.88 Å². The van der Waals surface area contributed by atoms with Crippen LogP contribution in [0.2, 0.25) is 0 Å². The lowest BCUT2D eigenvalue weighted by molar-refractivity contribution is -0.131. The molecule has 0 spiro atoms. The zero-order valence-electron chi connectivity index (χ0n) is 12.8. The van der Waals surface area contributed by atoms with E-state index in [4.69, 9.17) is 4.74 Å². The summed E-state index contributed by atoms with van der Waals surface area (Å²) in [6.45, 7) is 9.91. The highest BCUT2D eigenvalue weighted by Crippen LogP contribution is 2.22. The molecule has 0 aliphatic heterocycles. The number of anilines is 1. The number of rotatable bonds is 8. The second kappa shape index (κ2) is 8.40. The van der Waals surface area contributed by atoms with Gasteiger partial charge in [0.05, 0.1) is 6.61 Å². The van der Waals surface area contributed by atoms with E-state index in [-0.39, 0.29) is 11.9 Å². The van der Waals surface area contributed by atoms with E-state index < -0.39 is 0 Å². The van der Waals surface area contributed by atoms with E-state index in [2.05, 4.69) is 17.2 Å². The molecule has 0 saturated carbocycles. The van der Waals surface area contributed by atoms with Gasteiger partial charge in [-0.15, -0.1) is 0 Å². The normalized spacial score (nSPS) is 11.8. The number of ether oxygens (including phenoxy) is 1. The summed E-state index contributed by atoms with van der Waals surface area (Å²) in [5.41, 5.74) is 0. The summed E-state index contributed by atoms with van der Waals surface area (Å²) in [6, 6.07) is 3.36. The second-order valence-electron chi connectivity index (χ2n) is 4.58. The number of carbonyl (C=O) groups is 1. The van der Waals surface area contributed by atoms with Gasteiger partial charge in [0.2, 0.25) is 5.91 Å². The van der Waals surface area contributed by atoms with Gasteiger partial charge in [-0.1, -0.05) is 6.92 Å². The zero-order chi connectivity index (χ0) is 15.0. The molecule has 0 aliphatic carbocycles. The van der Waals surface area contributed by atoms with E-state index in [1.54, 1.807) is 11.1 Å². The Bertz CT molecular complexity index is 419. The minimum absolute atomic E-state index is 0.0714. The van der Waals surface area contributed by atoms with E-state index in [0.717, 1.165) is 6.42 Å². The van der Waals surface area contributed by atoms with Gasteiger partial charge < -0.3 is 15.0 Å². The van der Waals surface area contributed by atoms with Crippen LogP contribution in [-0.2, 0) is 4.79 Å². The molecule has 1 N–H and O–H groups in total. The molecule has 0 aliphatic rings. The maximum absolute atomic E-state index is 12.2. The van der Waals surface area contributed by atoms with Gasteiger partial charge in [0.15, 0.2) is 11.6 Å². The van der Waals surface area contributed by atoms with E-state index in [0.29, 0.717) is 31.3 Å². The fourth-order valence-electron chi connectivity index (χ4n) is 1.90. The van der Waals surface area contributed by atoms with Crippen LogP contribution in [0.15, 0.2) is 18.3 Å². The molecule has 1 unspecified atom stereocenters. The summed E-state index contributed by atoms with van der Waals surface area (Å²) in [5, 5.41) is 3.14. The molecule has 0 radical (unpaired) electrons. The zero-order valence-corrected chi connectivity index (χ0v) is 12.8. The van der Waals surface area contributed by atoms with Crippen molar-refractivity contribution in [3.8, 4) is 5.75 Å². The maximum Gasteiger partial charge on any atom is 0.244 e. The Morgan fingerprint density at radius 1 is 1.40 bits per heavy atom. The van der Waals surface area contributed by atoms with Gasteiger partial charge in [-0.25, -0.2) is 4.98 Å². The van der Waals surface area contributed by atoms with Crippen LogP contribution in [0.4, 0.5) is 5.82 Å². The fourth-order valence-corrected chi connectivity index (χ4v) is 1.90. The van der Waals surface area contributed by atoms with Crippen LogP contribution in [0.1, 0.15) is 34.1 Å². The van der Waals surface area contributed by atoms with Crippen molar-refractivity contribution < 1.29 is 9.53 Å².